The molecule has 0 spiro atoms. The lowest BCUT2D eigenvalue weighted by molar-refractivity contribution is -0.141. The van der Waals surface area contributed by atoms with Gasteiger partial charge in [0, 0.05) is 31.6 Å². The summed E-state index contributed by atoms with van der Waals surface area (Å²) in [7, 11) is 0. The van der Waals surface area contributed by atoms with Gasteiger partial charge in [-0.3, -0.25) is 67.3 Å². The third-order valence-corrected chi connectivity index (χ3v) is 15.8. The molecule has 0 aromatic heterocycles. The summed E-state index contributed by atoms with van der Waals surface area (Å²) in [4.78, 5) is 185. The number of carboxylic acid groups (broad SMARTS) is 1. The quantitative estimate of drug-likeness (QED) is 0.0314. The third-order valence-electron chi connectivity index (χ3n) is 14.7. The number of phenols is 3. The van der Waals surface area contributed by atoms with Gasteiger partial charge in [0.2, 0.25) is 70.9 Å². The van der Waals surface area contributed by atoms with Crippen molar-refractivity contribution in [1.82, 2.24) is 53.2 Å². The minimum Gasteiger partial charge on any atom is -0.508 e. The number of primary amides is 2. The van der Waals surface area contributed by atoms with Crippen LogP contribution in [0.1, 0.15) is 89.8 Å². The van der Waals surface area contributed by atoms with E-state index in [1.807, 2.05) is 0 Å². The van der Waals surface area contributed by atoms with Gasteiger partial charge in [-0.1, -0.05) is 70.5 Å². The number of benzene rings is 3. The number of aliphatic carboxylic acids is 1. The van der Waals surface area contributed by atoms with Crippen LogP contribution in [0.5, 0.6) is 17.2 Å². The highest BCUT2D eigenvalue weighted by molar-refractivity contribution is 8.00. The molecule has 1 saturated heterocycles. The lowest BCUT2D eigenvalue weighted by Gasteiger charge is -2.30. The number of hydrogen-bond donors (Lipinski definition) is 18. The van der Waals surface area contributed by atoms with Crippen LogP contribution in [0.3, 0.4) is 0 Å². The van der Waals surface area contributed by atoms with E-state index in [4.69, 9.17) is 22.9 Å². The number of guanidine groups is 1. The van der Waals surface area contributed by atoms with Crippen molar-refractivity contribution in [2.24, 2.45) is 39.8 Å². The molecule has 3 aromatic carbocycles. The fourth-order valence-corrected chi connectivity index (χ4v) is 10.3. The normalized spacial score (nSPS) is 23.6. The number of carboxylic acids is 1. The average Bonchev–Trinajstić information content (AvgIpc) is 0.972. The number of carbonyl (C=O) groups excluding carboxylic acids is 12. The molecule has 0 aliphatic carbocycles. The highest BCUT2D eigenvalue weighted by atomic mass is 32.2. The van der Waals surface area contributed by atoms with E-state index in [0.717, 1.165) is 18.7 Å². The summed E-state index contributed by atoms with van der Waals surface area (Å²) in [5, 5.41) is 65.2. The van der Waals surface area contributed by atoms with Gasteiger partial charge in [0.05, 0.1) is 18.6 Å². The van der Waals surface area contributed by atoms with Crippen LogP contribution in [-0.2, 0) is 81.6 Å². The molecule has 1 fully saturated rings. The fourth-order valence-electron chi connectivity index (χ4n) is 9.46. The van der Waals surface area contributed by atoms with Crippen molar-refractivity contribution in [3.05, 3.63) is 89.5 Å². The van der Waals surface area contributed by atoms with Crippen LogP contribution in [0.2, 0.25) is 0 Å². The van der Waals surface area contributed by atoms with E-state index in [0.29, 0.717) is 16.7 Å². The average molecular weight is 1330 g/mol. The number of nitrogens with two attached hydrogens (primary N) is 4. The molecule has 1 aliphatic rings. The number of amides is 12. The Labute approximate surface area is 545 Å². The molecule has 512 valence electrons. The number of thioether (sulfide) groups is 1. The Balaban J connectivity index is 1.88. The molecule has 1 aliphatic heterocycles. The summed E-state index contributed by atoms with van der Waals surface area (Å²) in [6.45, 7) is 7.91. The highest BCUT2D eigenvalue weighted by Crippen LogP contribution is 2.18. The zero-order valence-electron chi connectivity index (χ0n) is 52.6. The zero-order valence-corrected chi connectivity index (χ0v) is 53.4. The summed E-state index contributed by atoms with van der Waals surface area (Å²) < 4.78 is 0. The first kappa shape index (κ1) is 76.2. The molecule has 3 aromatic rings. The molecular weight excluding hydrogens is 1250 g/mol. The Morgan fingerprint density at radius 1 is 0.521 bits per heavy atom. The van der Waals surface area contributed by atoms with Gasteiger partial charge in [-0.15, -0.1) is 11.8 Å². The molecular formula is C61H85N15O17S. The smallest absolute Gasteiger partial charge is 0.305 e. The molecule has 94 heavy (non-hydrogen) atoms. The lowest BCUT2D eigenvalue weighted by atomic mass is 9.96. The van der Waals surface area contributed by atoms with Gasteiger partial charge < -0.3 is 96.5 Å². The zero-order chi connectivity index (χ0) is 69.9. The molecule has 0 radical (unpaired) electrons. The fraction of sp³-hybridized carbons (Fsp3) is 0.475. The van der Waals surface area contributed by atoms with Crippen molar-refractivity contribution in [3.8, 4) is 17.2 Å². The first-order valence-electron chi connectivity index (χ1n) is 30.1. The molecule has 1 heterocycles. The second-order valence-electron chi connectivity index (χ2n) is 23.0. The largest absolute Gasteiger partial charge is 0.508 e. The topological polar surface area (TPSA) is 540 Å². The van der Waals surface area contributed by atoms with Gasteiger partial charge in [-0.05, 0) is 91.1 Å². The maximum absolute atomic E-state index is 14.7. The Bertz CT molecular complexity index is 3210. The Morgan fingerprint density at radius 2 is 0.926 bits per heavy atom. The summed E-state index contributed by atoms with van der Waals surface area (Å²) >= 11 is 0.760. The number of aliphatic imine (C=N–C) groups is 1. The minimum absolute atomic E-state index is 0.0332. The number of nitrogens with one attached hydrogen (secondary N) is 10. The van der Waals surface area contributed by atoms with Gasteiger partial charge in [-0.2, -0.15) is 0 Å². The molecule has 12 amide bonds. The van der Waals surface area contributed by atoms with E-state index in [1.165, 1.54) is 72.8 Å². The molecule has 33 heteroatoms. The molecule has 4 rings (SSSR count). The third kappa shape index (κ3) is 26.2. The maximum atomic E-state index is 14.7. The van der Waals surface area contributed by atoms with E-state index in [-0.39, 0.29) is 74.2 Å². The van der Waals surface area contributed by atoms with Gasteiger partial charge in [0.25, 0.3) is 0 Å². The molecule has 22 N–H and O–H groups in total. The van der Waals surface area contributed by atoms with Crippen molar-refractivity contribution in [1.29, 1.82) is 0 Å². The number of phenolic OH excluding ortho intramolecular Hbond substituents is 3. The van der Waals surface area contributed by atoms with Crippen LogP contribution < -0.4 is 76.1 Å². The van der Waals surface area contributed by atoms with Crippen molar-refractivity contribution >= 4 is 94.6 Å². The minimum atomic E-state index is -2.02. The van der Waals surface area contributed by atoms with Crippen molar-refractivity contribution in [2.45, 2.75) is 153 Å². The molecule has 11 atom stereocenters. The van der Waals surface area contributed by atoms with Crippen LogP contribution in [0.25, 0.3) is 0 Å². The number of aromatic hydroxyl groups is 3. The van der Waals surface area contributed by atoms with Crippen molar-refractivity contribution in [3.63, 3.8) is 0 Å². The first-order chi connectivity index (χ1) is 44.3. The standard InChI is InChI=1S/C61H85N15O17S/c1-6-31(4)50-60(93)69-39(8-7-21-66-61(64)65)53(86)71-40(22-30(2)3)55(88)73-43(25-35-13-19-38(79)20-14-35)56(89)74-45(27-49(82)83)58(91)72-42(24-34-11-17-37(78)18-12-34)54(87)67-32(5)52(85)70-44(26-47(62)80)57(90)75-46(51(63)84)28-94-29-48(81)68-41(59(92)76-50)23-33-9-15-36(77)16-10-33/h9-20,30-32,39-46,50,77-79H,6-8,21-29H2,1-5H3,(H2,62,80)(H2,63,84)(H,67,87)(H,68,81)(H,69,93)(H,70,85)(H,71,86)(H,72,91)(H,73,88)(H,74,89)(H,75,90)(H,76,92)(H,82,83)(H4,64,65,66)/t31-,32-,39-,40-,41-,42-,43-,44-,45-,46-,50-/m0/s1. The SMILES string of the molecule is CC[C@H](C)[C@@H]1NC(=O)[C@H](Cc2ccc(O)cc2)NC(=O)CSC[C@@H](C(N)=O)NC(=O)[C@H](CC(N)=O)NC(=O)[C@H](C)NC(=O)[C@H](Cc2ccc(O)cc2)NC(=O)[C@H](CC(=O)O)NC(=O)[C@H](Cc2ccc(O)cc2)NC(=O)[C@H](CC(C)C)NC(=O)[C@H](CCCN=C(N)N)NC1=O. The van der Waals surface area contributed by atoms with Crippen LogP contribution in [0, 0.1) is 11.8 Å². The predicted molar refractivity (Wildman–Crippen MR) is 342 cm³/mol. The van der Waals surface area contributed by atoms with Crippen molar-refractivity contribution < 1.29 is 82.8 Å². The molecule has 0 unspecified atom stereocenters. The highest BCUT2D eigenvalue weighted by Gasteiger charge is 2.38. The number of nitrogens with zero attached hydrogens (tertiary/aromatic N) is 1. The molecule has 32 nitrogen and oxygen atoms in total. The maximum Gasteiger partial charge on any atom is 0.305 e. The lowest BCUT2D eigenvalue weighted by Crippen LogP contribution is -2.61. The Hall–Kier alpha value is -10.2. The monoisotopic (exact) mass is 1330 g/mol. The van der Waals surface area contributed by atoms with E-state index < -0.39 is 174 Å². The van der Waals surface area contributed by atoms with E-state index in [1.54, 1.807) is 27.7 Å². The number of rotatable bonds is 19. The van der Waals surface area contributed by atoms with Gasteiger partial charge >= 0.3 is 5.97 Å². The van der Waals surface area contributed by atoms with Gasteiger partial charge in [0.15, 0.2) is 5.96 Å². The van der Waals surface area contributed by atoms with Crippen LogP contribution in [-0.4, -0.2) is 182 Å². The second-order valence-corrected chi connectivity index (χ2v) is 24.1. The summed E-state index contributed by atoms with van der Waals surface area (Å²) in [6, 6.07) is 0.0221. The summed E-state index contributed by atoms with van der Waals surface area (Å²) in [5.41, 5.74) is 23.3. The number of carbonyl (C=O) groups is 13. The Morgan fingerprint density at radius 3 is 1.39 bits per heavy atom. The predicted octanol–water partition coefficient (Wildman–Crippen LogP) is -3.57. The van der Waals surface area contributed by atoms with Crippen LogP contribution in [0.15, 0.2) is 77.8 Å². The van der Waals surface area contributed by atoms with Crippen LogP contribution >= 0.6 is 11.8 Å². The van der Waals surface area contributed by atoms with Crippen LogP contribution in [0.4, 0.5) is 0 Å². The second kappa shape index (κ2) is 37.3. The molecule has 0 bridgehead atoms. The molecule has 0 saturated carbocycles. The van der Waals surface area contributed by atoms with E-state index in [9.17, 15) is 82.8 Å². The van der Waals surface area contributed by atoms with Gasteiger partial charge in [0.1, 0.15) is 77.7 Å². The van der Waals surface area contributed by atoms with Crippen molar-refractivity contribution in [2.75, 3.05) is 18.1 Å². The van der Waals surface area contributed by atoms with E-state index >= 15 is 0 Å². The van der Waals surface area contributed by atoms with Gasteiger partial charge in [-0.25, -0.2) is 0 Å². The first-order valence-corrected chi connectivity index (χ1v) is 31.3. The Kier molecular flexibility index (Phi) is 30.3. The van der Waals surface area contributed by atoms with E-state index in [2.05, 4.69) is 58.2 Å². The summed E-state index contributed by atoms with van der Waals surface area (Å²) in [6.07, 6.45) is -2.91. The number of hydrogen-bond acceptors (Lipinski definition) is 18. The summed E-state index contributed by atoms with van der Waals surface area (Å²) in [5.74, 6) is -16.8.